The molecular formula is C11H11ClN4. The minimum absolute atomic E-state index is 0.447. The van der Waals surface area contributed by atoms with Gasteiger partial charge in [-0.05, 0) is 11.6 Å². The van der Waals surface area contributed by atoms with Gasteiger partial charge in [0.15, 0.2) is 0 Å². The normalized spacial score (nSPS) is 10.1. The van der Waals surface area contributed by atoms with Gasteiger partial charge in [-0.2, -0.15) is 0 Å². The Hall–Kier alpha value is -1.68. The molecule has 0 bridgehead atoms. The maximum absolute atomic E-state index is 5.80. The van der Waals surface area contributed by atoms with Crippen LogP contribution in [0.1, 0.15) is 5.56 Å². The third-order valence-corrected chi connectivity index (χ3v) is 2.36. The van der Waals surface area contributed by atoms with Crippen molar-refractivity contribution in [3.8, 4) is 0 Å². The van der Waals surface area contributed by atoms with Crippen LogP contribution in [-0.2, 0) is 6.54 Å². The Morgan fingerprint density at radius 2 is 2.25 bits per heavy atom. The van der Waals surface area contributed by atoms with Gasteiger partial charge in [0.05, 0.1) is 0 Å². The molecule has 2 aromatic rings. The van der Waals surface area contributed by atoms with Gasteiger partial charge in [-0.3, -0.25) is 4.98 Å². The molecule has 0 radical (unpaired) electrons. The lowest BCUT2D eigenvalue weighted by Gasteiger charge is -2.17. The highest BCUT2D eigenvalue weighted by Gasteiger charge is 2.04. The first kappa shape index (κ1) is 10.8. The summed E-state index contributed by atoms with van der Waals surface area (Å²) >= 11 is 5.80. The Morgan fingerprint density at radius 3 is 2.94 bits per heavy atom. The topological polar surface area (TPSA) is 41.9 Å². The number of nitrogens with zero attached hydrogens (tertiary/aromatic N) is 4. The van der Waals surface area contributed by atoms with E-state index in [2.05, 4.69) is 15.0 Å². The highest BCUT2D eigenvalue weighted by Crippen LogP contribution is 2.14. The summed E-state index contributed by atoms with van der Waals surface area (Å²) in [7, 11) is 1.95. The zero-order valence-corrected chi connectivity index (χ0v) is 9.59. The van der Waals surface area contributed by atoms with Gasteiger partial charge in [-0.25, -0.2) is 9.97 Å². The highest BCUT2D eigenvalue weighted by atomic mass is 35.5. The number of hydrogen-bond donors (Lipinski definition) is 0. The monoisotopic (exact) mass is 234 g/mol. The fraction of sp³-hybridized carbons (Fsp3) is 0.182. The standard InChI is InChI=1S/C11H11ClN4/c1-16(7-9-3-2-4-13-6-9)11-5-10(12)14-8-15-11/h2-6,8H,7H2,1H3. The number of pyridine rings is 1. The lowest BCUT2D eigenvalue weighted by Crippen LogP contribution is -2.17. The van der Waals surface area contributed by atoms with E-state index in [4.69, 9.17) is 11.6 Å². The summed E-state index contributed by atoms with van der Waals surface area (Å²) in [5, 5.41) is 0.447. The van der Waals surface area contributed by atoms with E-state index >= 15 is 0 Å². The quantitative estimate of drug-likeness (QED) is 0.764. The van der Waals surface area contributed by atoms with Gasteiger partial charge in [0.1, 0.15) is 17.3 Å². The van der Waals surface area contributed by atoms with E-state index in [0.717, 1.165) is 17.9 Å². The fourth-order valence-electron chi connectivity index (χ4n) is 1.38. The number of hydrogen-bond acceptors (Lipinski definition) is 4. The van der Waals surface area contributed by atoms with Crippen LogP contribution in [0.5, 0.6) is 0 Å². The minimum atomic E-state index is 0.447. The Bertz CT molecular complexity index is 461. The average molecular weight is 235 g/mol. The number of anilines is 1. The Morgan fingerprint density at radius 1 is 1.38 bits per heavy atom. The van der Waals surface area contributed by atoms with Crippen molar-refractivity contribution in [2.24, 2.45) is 0 Å². The molecular weight excluding hydrogens is 224 g/mol. The van der Waals surface area contributed by atoms with E-state index < -0.39 is 0 Å². The molecule has 0 fully saturated rings. The zero-order valence-electron chi connectivity index (χ0n) is 8.84. The second-order valence-electron chi connectivity index (χ2n) is 3.42. The van der Waals surface area contributed by atoms with Gasteiger partial charge in [0.25, 0.3) is 0 Å². The van der Waals surface area contributed by atoms with Crippen molar-refractivity contribution in [1.29, 1.82) is 0 Å². The van der Waals surface area contributed by atoms with Crippen molar-refractivity contribution < 1.29 is 0 Å². The fourth-order valence-corrected chi connectivity index (χ4v) is 1.52. The molecule has 16 heavy (non-hydrogen) atoms. The van der Waals surface area contributed by atoms with Crippen LogP contribution < -0.4 is 4.90 Å². The predicted octanol–water partition coefficient (Wildman–Crippen LogP) is 2.16. The number of aromatic nitrogens is 3. The van der Waals surface area contributed by atoms with Gasteiger partial charge in [0, 0.05) is 32.1 Å². The van der Waals surface area contributed by atoms with Crippen LogP contribution in [0.2, 0.25) is 5.15 Å². The SMILES string of the molecule is CN(Cc1cccnc1)c1cc(Cl)ncn1. The Labute approximate surface area is 98.9 Å². The summed E-state index contributed by atoms with van der Waals surface area (Å²) in [4.78, 5) is 14.0. The number of halogens is 1. The lowest BCUT2D eigenvalue weighted by molar-refractivity contribution is 0.885. The second kappa shape index (κ2) is 4.90. The van der Waals surface area contributed by atoms with E-state index in [0.29, 0.717) is 5.15 Å². The molecule has 2 aromatic heterocycles. The molecule has 2 rings (SSSR count). The van der Waals surface area contributed by atoms with Crippen LogP contribution in [0.3, 0.4) is 0 Å². The Kier molecular flexibility index (Phi) is 3.31. The highest BCUT2D eigenvalue weighted by molar-refractivity contribution is 6.29. The molecule has 0 N–H and O–H groups in total. The summed E-state index contributed by atoms with van der Waals surface area (Å²) in [5.41, 5.74) is 1.12. The van der Waals surface area contributed by atoms with Crippen molar-refractivity contribution in [3.63, 3.8) is 0 Å². The second-order valence-corrected chi connectivity index (χ2v) is 3.80. The van der Waals surface area contributed by atoms with Crippen molar-refractivity contribution in [3.05, 3.63) is 47.6 Å². The smallest absolute Gasteiger partial charge is 0.134 e. The van der Waals surface area contributed by atoms with Crippen molar-refractivity contribution >= 4 is 17.4 Å². The predicted molar refractivity (Wildman–Crippen MR) is 63.4 cm³/mol. The molecule has 0 aromatic carbocycles. The average Bonchev–Trinajstić information content (AvgIpc) is 2.30. The van der Waals surface area contributed by atoms with Crippen LogP contribution in [0.4, 0.5) is 5.82 Å². The van der Waals surface area contributed by atoms with Gasteiger partial charge in [-0.1, -0.05) is 17.7 Å². The summed E-state index contributed by atoms with van der Waals surface area (Å²) in [6, 6.07) is 5.67. The molecule has 0 amide bonds. The molecule has 0 atom stereocenters. The van der Waals surface area contributed by atoms with Crippen LogP contribution in [-0.4, -0.2) is 22.0 Å². The molecule has 4 nitrogen and oxygen atoms in total. The Balaban J connectivity index is 2.12. The molecule has 0 saturated heterocycles. The van der Waals surface area contributed by atoms with E-state index in [1.807, 2.05) is 30.3 Å². The molecule has 0 unspecified atom stereocenters. The molecule has 5 heteroatoms. The van der Waals surface area contributed by atoms with Gasteiger partial charge < -0.3 is 4.90 Å². The summed E-state index contributed by atoms with van der Waals surface area (Å²) in [6.45, 7) is 0.737. The largest absolute Gasteiger partial charge is 0.355 e. The number of rotatable bonds is 3. The first-order chi connectivity index (χ1) is 7.75. The van der Waals surface area contributed by atoms with E-state index in [1.165, 1.54) is 6.33 Å². The first-order valence-electron chi connectivity index (χ1n) is 4.83. The summed E-state index contributed by atoms with van der Waals surface area (Å²) in [6.07, 6.45) is 5.04. The van der Waals surface area contributed by atoms with Gasteiger partial charge in [0.2, 0.25) is 0 Å². The maximum atomic E-state index is 5.80. The molecule has 0 saturated carbocycles. The van der Waals surface area contributed by atoms with Crippen LogP contribution in [0.15, 0.2) is 36.9 Å². The zero-order chi connectivity index (χ0) is 11.4. The first-order valence-corrected chi connectivity index (χ1v) is 5.21. The third kappa shape index (κ3) is 2.67. The third-order valence-electron chi connectivity index (χ3n) is 2.15. The van der Waals surface area contributed by atoms with Crippen LogP contribution in [0, 0.1) is 0 Å². The minimum Gasteiger partial charge on any atom is -0.355 e. The maximum Gasteiger partial charge on any atom is 0.134 e. The molecule has 0 spiro atoms. The van der Waals surface area contributed by atoms with E-state index in [-0.39, 0.29) is 0 Å². The molecule has 2 heterocycles. The van der Waals surface area contributed by atoms with Gasteiger partial charge >= 0.3 is 0 Å². The van der Waals surface area contributed by atoms with Crippen LogP contribution in [0.25, 0.3) is 0 Å². The van der Waals surface area contributed by atoms with E-state index in [9.17, 15) is 0 Å². The summed E-state index contributed by atoms with van der Waals surface area (Å²) in [5.74, 6) is 0.795. The molecule has 0 aliphatic carbocycles. The van der Waals surface area contributed by atoms with Crippen molar-refractivity contribution in [1.82, 2.24) is 15.0 Å². The molecule has 0 aliphatic rings. The van der Waals surface area contributed by atoms with E-state index in [1.54, 1.807) is 12.3 Å². The van der Waals surface area contributed by atoms with Crippen molar-refractivity contribution in [2.75, 3.05) is 11.9 Å². The molecule has 0 aliphatic heterocycles. The lowest BCUT2D eigenvalue weighted by atomic mass is 10.3. The van der Waals surface area contributed by atoms with Gasteiger partial charge in [-0.15, -0.1) is 0 Å². The summed E-state index contributed by atoms with van der Waals surface area (Å²) < 4.78 is 0. The van der Waals surface area contributed by atoms with Crippen molar-refractivity contribution in [2.45, 2.75) is 6.54 Å². The van der Waals surface area contributed by atoms with Crippen LogP contribution >= 0.6 is 11.6 Å². The molecule has 82 valence electrons.